The summed E-state index contributed by atoms with van der Waals surface area (Å²) in [5, 5.41) is 17.5. The minimum absolute atomic E-state index is 0.0443. The van der Waals surface area contributed by atoms with E-state index in [1.165, 1.54) is 18.1 Å². The summed E-state index contributed by atoms with van der Waals surface area (Å²) in [6, 6.07) is 8.07. The van der Waals surface area contributed by atoms with Crippen molar-refractivity contribution in [1.29, 1.82) is 5.26 Å². The molecule has 11 heteroatoms. The highest BCUT2D eigenvalue weighted by atomic mass is 35.5. The van der Waals surface area contributed by atoms with Crippen molar-refractivity contribution in [3.8, 4) is 6.07 Å². The molecule has 4 fully saturated rings. The van der Waals surface area contributed by atoms with Crippen LogP contribution in [0.3, 0.4) is 0 Å². The van der Waals surface area contributed by atoms with E-state index >= 15 is 0 Å². The summed E-state index contributed by atoms with van der Waals surface area (Å²) in [6.45, 7) is 7.05. The number of benzene rings is 1. The second kappa shape index (κ2) is 12.6. The number of fused-ring (bicyclic) bond motifs is 2. The number of nitrogens with zero attached hydrogens (tertiary/aromatic N) is 4. The number of carbonyl (C=O) groups is 2. The highest BCUT2D eigenvalue weighted by Crippen LogP contribution is 2.51. The number of Topliss-reactive ketones (excluding diaryl/α,β-unsaturated/α-hetero) is 1. The number of ketones is 1. The lowest BCUT2D eigenvalue weighted by Crippen LogP contribution is -2.75. The molecule has 5 aliphatic rings. The van der Waals surface area contributed by atoms with Crippen molar-refractivity contribution in [3.05, 3.63) is 41.4 Å². The molecule has 0 aromatic heterocycles. The Morgan fingerprint density at radius 2 is 2.12 bits per heavy atom. The topological polar surface area (TPSA) is 101 Å². The van der Waals surface area contributed by atoms with Crippen LogP contribution in [0.25, 0.3) is 0 Å². The number of aryl methyl sites for hydroxylation is 1. The van der Waals surface area contributed by atoms with Gasteiger partial charge in [0.15, 0.2) is 12.1 Å². The lowest BCUT2D eigenvalue weighted by atomic mass is 9.72. The van der Waals surface area contributed by atoms with E-state index in [-0.39, 0.29) is 42.3 Å². The van der Waals surface area contributed by atoms with Crippen LogP contribution in [0.2, 0.25) is 5.02 Å². The summed E-state index contributed by atoms with van der Waals surface area (Å²) in [6.07, 6.45) is 6.65. The van der Waals surface area contributed by atoms with Crippen molar-refractivity contribution in [1.82, 2.24) is 25.3 Å². The molecule has 1 aromatic rings. The first-order chi connectivity index (χ1) is 20.3. The van der Waals surface area contributed by atoms with Crippen LogP contribution in [0.1, 0.15) is 44.1 Å². The van der Waals surface area contributed by atoms with Crippen molar-refractivity contribution in [2.24, 2.45) is 5.92 Å². The Morgan fingerprint density at radius 1 is 1.26 bits per heavy atom. The number of piperazine rings is 1. The number of hydrogen-bond acceptors (Lipinski definition) is 9. The molecule has 4 aliphatic heterocycles. The summed E-state index contributed by atoms with van der Waals surface area (Å²) in [4.78, 5) is 34.6. The van der Waals surface area contributed by atoms with Crippen molar-refractivity contribution in [2.75, 3.05) is 39.8 Å². The third kappa shape index (κ3) is 5.77. The molecule has 2 N–H and O–H groups in total. The van der Waals surface area contributed by atoms with Crippen LogP contribution in [0.15, 0.2) is 35.7 Å². The molecule has 6 rings (SSSR count). The van der Waals surface area contributed by atoms with Gasteiger partial charge in [0, 0.05) is 41.5 Å². The number of halogens is 1. The number of likely N-dealkylation sites (N-methyl/N-ethyl adjacent to an activating group) is 1. The molecule has 1 spiro atoms. The summed E-state index contributed by atoms with van der Waals surface area (Å²) < 4.78 is 5.97. The maximum Gasteiger partial charge on any atom is 0.246 e. The molecule has 6 unspecified atom stereocenters. The van der Waals surface area contributed by atoms with Gasteiger partial charge in [-0.15, -0.1) is 11.8 Å². The molecular formula is C31H41ClN6O3S. The molecule has 7 atom stereocenters. The van der Waals surface area contributed by atoms with Gasteiger partial charge >= 0.3 is 0 Å². The number of nitrogens with one attached hydrogen (secondary N) is 2. The van der Waals surface area contributed by atoms with Crippen LogP contribution in [0, 0.1) is 17.2 Å². The van der Waals surface area contributed by atoms with Crippen LogP contribution >= 0.6 is 23.4 Å². The first-order valence-corrected chi connectivity index (χ1v) is 16.4. The van der Waals surface area contributed by atoms with Crippen molar-refractivity contribution >= 4 is 35.1 Å². The lowest BCUT2D eigenvalue weighted by molar-refractivity contribution is -0.145. The van der Waals surface area contributed by atoms with Gasteiger partial charge in [0.05, 0.1) is 42.1 Å². The quantitative estimate of drug-likeness (QED) is 0.470. The Labute approximate surface area is 257 Å². The highest BCUT2D eigenvalue weighted by molar-refractivity contribution is 8.01. The summed E-state index contributed by atoms with van der Waals surface area (Å²) in [5.41, 5.74) is 1.26. The molecule has 1 saturated carbocycles. The SMILES string of the molecule is C=CC(=O)N1CCN(C2NC(OCC3CCCN3C)NC3C(=O)[C@]4(CCc5ccc(Cl)cc5S4)CCC32)CC1CC#N. The van der Waals surface area contributed by atoms with Gasteiger partial charge < -0.3 is 14.5 Å². The number of ether oxygens (including phenoxy) is 1. The Kier molecular flexibility index (Phi) is 9.00. The maximum absolute atomic E-state index is 14.5. The molecule has 0 radical (unpaired) electrons. The lowest BCUT2D eigenvalue weighted by Gasteiger charge is -2.55. The van der Waals surface area contributed by atoms with Crippen LogP contribution < -0.4 is 10.6 Å². The van der Waals surface area contributed by atoms with Gasteiger partial charge in [-0.1, -0.05) is 24.2 Å². The van der Waals surface area contributed by atoms with E-state index in [9.17, 15) is 14.9 Å². The summed E-state index contributed by atoms with van der Waals surface area (Å²) >= 11 is 8.05. The Balaban J connectivity index is 1.24. The van der Waals surface area contributed by atoms with Gasteiger partial charge in [0.2, 0.25) is 5.91 Å². The van der Waals surface area contributed by atoms with Crippen LogP contribution in [0.5, 0.6) is 0 Å². The van der Waals surface area contributed by atoms with Crippen molar-refractivity contribution in [2.45, 2.75) is 85.2 Å². The van der Waals surface area contributed by atoms with Crippen LogP contribution in [-0.4, -0.2) is 102 Å². The van der Waals surface area contributed by atoms with E-state index in [1.807, 2.05) is 12.1 Å². The summed E-state index contributed by atoms with van der Waals surface area (Å²) in [7, 11) is 2.14. The Morgan fingerprint density at radius 3 is 2.88 bits per heavy atom. The van der Waals surface area contributed by atoms with E-state index in [0.717, 1.165) is 43.5 Å². The number of nitriles is 1. The smallest absolute Gasteiger partial charge is 0.246 e. The van der Waals surface area contributed by atoms with E-state index < -0.39 is 11.1 Å². The Bertz CT molecular complexity index is 1260. The highest BCUT2D eigenvalue weighted by Gasteiger charge is 2.55. The molecule has 0 bridgehead atoms. The Hall–Kier alpha value is -1.97. The van der Waals surface area contributed by atoms with E-state index in [4.69, 9.17) is 16.3 Å². The number of thioether (sulfide) groups is 1. The van der Waals surface area contributed by atoms with Crippen molar-refractivity contribution < 1.29 is 14.3 Å². The van der Waals surface area contributed by atoms with E-state index in [0.29, 0.717) is 37.3 Å². The minimum atomic E-state index is -0.484. The predicted octanol–water partition coefficient (Wildman–Crippen LogP) is 2.99. The van der Waals surface area contributed by atoms with Crippen LogP contribution in [0.4, 0.5) is 0 Å². The molecule has 3 saturated heterocycles. The maximum atomic E-state index is 14.5. The summed E-state index contributed by atoms with van der Waals surface area (Å²) in [5.74, 6) is 0.154. The number of amides is 1. The second-order valence-electron chi connectivity index (χ2n) is 12.4. The van der Waals surface area contributed by atoms with Gasteiger partial charge in [-0.25, -0.2) is 0 Å². The van der Waals surface area contributed by atoms with Gasteiger partial charge in [-0.3, -0.25) is 25.1 Å². The minimum Gasteiger partial charge on any atom is -0.348 e. The fourth-order valence-corrected chi connectivity index (χ4v) is 9.46. The van der Waals surface area contributed by atoms with Gasteiger partial charge in [-0.2, -0.15) is 5.26 Å². The average molecular weight is 613 g/mol. The molecule has 42 heavy (non-hydrogen) atoms. The molecule has 4 heterocycles. The van der Waals surface area contributed by atoms with Gasteiger partial charge in [0.1, 0.15) is 0 Å². The number of carbonyl (C=O) groups excluding carboxylic acids is 2. The fraction of sp³-hybridized carbons (Fsp3) is 0.645. The first-order valence-electron chi connectivity index (χ1n) is 15.2. The number of rotatable bonds is 6. The molecule has 1 amide bonds. The standard InChI is InChI=1S/C31H41ClN6O3S/c1-3-26(39)38-16-15-37(18-22(38)10-13-33)29-24-9-12-31(11-8-20-6-7-21(32)17-25(20)42-31)28(40)27(24)34-30(35-29)41-19-23-5-4-14-36(23)2/h3,6-7,17,22-24,27,29-30,34-35H,1,4-5,8-12,14-16,18-19H2,2H3/t22?,23?,24?,27?,29?,30?,31-/m0/s1. The largest absolute Gasteiger partial charge is 0.348 e. The number of hydrogen-bond donors (Lipinski definition) is 2. The van der Waals surface area contributed by atoms with Crippen LogP contribution in [-0.2, 0) is 20.7 Å². The molecule has 9 nitrogen and oxygen atoms in total. The van der Waals surface area contributed by atoms with Crippen molar-refractivity contribution in [3.63, 3.8) is 0 Å². The zero-order chi connectivity index (χ0) is 29.4. The second-order valence-corrected chi connectivity index (χ2v) is 14.3. The molecule has 1 aliphatic carbocycles. The number of likely N-dealkylation sites (tertiary alicyclic amines) is 1. The molecular weight excluding hydrogens is 572 g/mol. The molecule has 226 valence electrons. The van der Waals surface area contributed by atoms with E-state index in [2.05, 4.69) is 46.2 Å². The van der Waals surface area contributed by atoms with E-state index in [1.54, 1.807) is 16.7 Å². The average Bonchev–Trinajstić information content (AvgIpc) is 3.41. The third-order valence-corrected chi connectivity index (χ3v) is 11.9. The monoisotopic (exact) mass is 612 g/mol. The first kappa shape index (κ1) is 30.1. The third-order valence-electron chi connectivity index (χ3n) is 10.1. The normalized spacial score (nSPS) is 35.5. The zero-order valence-electron chi connectivity index (χ0n) is 24.3. The molecule has 1 aromatic carbocycles. The fourth-order valence-electron chi connectivity index (χ4n) is 7.66. The zero-order valence-corrected chi connectivity index (χ0v) is 25.8. The van der Waals surface area contributed by atoms with Gasteiger partial charge in [0.25, 0.3) is 0 Å². The predicted molar refractivity (Wildman–Crippen MR) is 163 cm³/mol. The van der Waals surface area contributed by atoms with Gasteiger partial charge in [-0.05, 0) is 75.9 Å².